The van der Waals surface area contributed by atoms with Crippen molar-refractivity contribution >= 4 is 23.9 Å². The van der Waals surface area contributed by atoms with Gasteiger partial charge in [-0.1, -0.05) is 0 Å². The van der Waals surface area contributed by atoms with Crippen LogP contribution >= 0.6 is 0 Å². The molecule has 1 aliphatic heterocycles. The summed E-state index contributed by atoms with van der Waals surface area (Å²) in [6, 6.07) is 2.99. The Morgan fingerprint density at radius 2 is 2.18 bits per heavy atom. The summed E-state index contributed by atoms with van der Waals surface area (Å²) in [7, 11) is 1.43. The molecule has 0 aliphatic carbocycles. The molecule has 0 saturated heterocycles. The van der Waals surface area contributed by atoms with Gasteiger partial charge in [-0.15, -0.1) is 0 Å². The van der Waals surface area contributed by atoms with Gasteiger partial charge < -0.3 is 14.2 Å². The molecule has 1 atom stereocenters. The van der Waals surface area contributed by atoms with Crippen LogP contribution in [0.4, 0.5) is 5.69 Å². The molecule has 0 spiro atoms. The van der Waals surface area contributed by atoms with Crippen LogP contribution in [0.25, 0.3) is 0 Å². The van der Waals surface area contributed by atoms with Crippen LogP contribution < -0.4 is 14.4 Å². The highest BCUT2D eigenvalue weighted by Gasteiger charge is 2.35. The Morgan fingerprint density at radius 1 is 1.45 bits per heavy atom. The number of esters is 1. The molecule has 7 heteroatoms. The van der Waals surface area contributed by atoms with Crippen molar-refractivity contribution in [2.75, 3.05) is 25.2 Å². The van der Waals surface area contributed by atoms with Crippen LogP contribution in [0.15, 0.2) is 12.1 Å². The largest absolute Gasteiger partial charge is 0.493 e. The van der Waals surface area contributed by atoms with Gasteiger partial charge in [0.15, 0.2) is 17.6 Å². The van der Waals surface area contributed by atoms with E-state index in [1.807, 2.05) is 0 Å². The van der Waals surface area contributed by atoms with E-state index in [4.69, 9.17) is 14.2 Å². The minimum absolute atomic E-state index is 0.220. The van der Waals surface area contributed by atoms with Crippen molar-refractivity contribution < 1.29 is 28.6 Å². The molecule has 1 aliphatic rings. The SMILES string of the molecule is CCOC(=O)CN1C(=O)C(C)Oc2c(OC)cc(C=O)cc21. The number of amides is 1. The lowest BCUT2D eigenvalue weighted by molar-refractivity contribution is -0.143. The number of nitrogens with zero attached hydrogens (tertiary/aromatic N) is 1. The van der Waals surface area contributed by atoms with Gasteiger partial charge in [0.05, 0.1) is 19.4 Å². The molecule has 1 aromatic carbocycles. The average Bonchev–Trinajstić information content (AvgIpc) is 2.51. The summed E-state index contributed by atoms with van der Waals surface area (Å²) in [5.74, 6) is -0.269. The topological polar surface area (TPSA) is 82.1 Å². The minimum Gasteiger partial charge on any atom is -0.493 e. The molecule has 0 N–H and O–H groups in total. The predicted molar refractivity (Wildman–Crippen MR) is 77.5 cm³/mol. The Morgan fingerprint density at radius 3 is 2.77 bits per heavy atom. The maximum atomic E-state index is 12.3. The molecule has 0 radical (unpaired) electrons. The van der Waals surface area contributed by atoms with Crippen molar-refractivity contribution in [1.82, 2.24) is 0 Å². The molecule has 1 unspecified atom stereocenters. The summed E-state index contributed by atoms with van der Waals surface area (Å²) in [5, 5.41) is 0. The van der Waals surface area contributed by atoms with Crippen LogP contribution in [0, 0.1) is 0 Å². The van der Waals surface area contributed by atoms with E-state index in [2.05, 4.69) is 0 Å². The van der Waals surface area contributed by atoms with E-state index >= 15 is 0 Å². The van der Waals surface area contributed by atoms with Gasteiger partial charge in [-0.05, 0) is 26.0 Å². The van der Waals surface area contributed by atoms with Gasteiger partial charge in [0, 0.05) is 5.56 Å². The fourth-order valence-corrected chi connectivity index (χ4v) is 2.21. The lowest BCUT2D eigenvalue weighted by Crippen LogP contribution is -2.47. The zero-order chi connectivity index (χ0) is 16.3. The second-order valence-corrected chi connectivity index (χ2v) is 4.68. The average molecular weight is 307 g/mol. The molecule has 7 nitrogen and oxygen atoms in total. The first-order valence-electron chi connectivity index (χ1n) is 6.82. The van der Waals surface area contributed by atoms with Gasteiger partial charge in [-0.2, -0.15) is 0 Å². The summed E-state index contributed by atoms with van der Waals surface area (Å²) < 4.78 is 15.6. The molecule has 1 aromatic rings. The fourth-order valence-electron chi connectivity index (χ4n) is 2.21. The smallest absolute Gasteiger partial charge is 0.326 e. The summed E-state index contributed by atoms with van der Waals surface area (Å²) in [4.78, 5) is 36.3. The third kappa shape index (κ3) is 2.88. The normalized spacial score (nSPS) is 16.6. The number of aldehydes is 1. The molecule has 118 valence electrons. The molecule has 0 bridgehead atoms. The molecule has 1 heterocycles. The summed E-state index contributed by atoms with van der Waals surface area (Å²) >= 11 is 0. The van der Waals surface area contributed by atoms with Crippen LogP contribution in [-0.4, -0.2) is 44.5 Å². The van der Waals surface area contributed by atoms with E-state index in [0.717, 1.165) is 0 Å². The number of ether oxygens (including phenoxy) is 3. The molecule has 0 aromatic heterocycles. The number of carbonyl (C=O) groups excluding carboxylic acids is 3. The first kappa shape index (κ1) is 15.8. The fraction of sp³-hybridized carbons (Fsp3) is 0.400. The van der Waals surface area contributed by atoms with Gasteiger partial charge in [-0.3, -0.25) is 19.3 Å². The molecular weight excluding hydrogens is 290 g/mol. The summed E-state index contributed by atoms with van der Waals surface area (Å²) in [6.45, 7) is 3.23. The first-order valence-corrected chi connectivity index (χ1v) is 6.82. The standard InChI is InChI=1S/C15H17NO6/c1-4-21-13(18)7-16-11-5-10(8-17)6-12(20-3)14(11)22-9(2)15(16)19/h5-6,8-9H,4,7H2,1-3H3. The molecule has 22 heavy (non-hydrogen) atoms. The van der Waals surface area contributed by atoms with Crippen molar-refractivity contribution in [3.63, 3.8) is 0 Å². The van der Waals surface area contributed by atoms with E-state index in [1.165, 1.54) is 24.1 Å². The molecular formula is C15H17NO6. The molecule has 0 saturated carbocycles. The van der Waals surface area contributed by atoms with Crippen molar-refractivity contribution in [1.29, 1.82) is 0 Å². The van der Waals surface area contributed by atoms with Crippen molar-refractivity contribution in [3.8, 4) is 11.5 Å². The summed E-state index contributed by atoms with van der Waals surface area (Å²) in [6.07, 6.45) is -0.133. The van der Waals surface area contributed by atoms with Gasteiger partial charge in [0.1, 0.15) is 12.8 Å². The van der Waals surface area contributed by atoms with Crippen molar-refractivity contribution in [2.24, 2.45) is 0 Å². The van der Waals surface area contributed by atoms with Crippen LogP contribution in [0.2, 0.25) is 0 Å². The summed E-state index contributed by atoms with van der Waals surface area (Å²) in [5.41, 5.74) is 0.632. The van der Waals surface area contributed by atoms with Gasteiger partial charge >= 0.3 is 5.97 Å². The molecule has 1 amide bonds. The Kier molecular flexibility index (Phi) is 4.65. The van der Waals surface area contributed by atoms with Crippen LogP contribution in [0.3, 0.4) is 0 Å². The van der Waals surface area contributed by atoms with Gasteiger partial charge in [0.2, 0.25) is 0 Å². The lowest BCUT2D eigenvalue weighted by Gasteiger charge is -2.33. The van der Waals surface area contributed by atoms with Gasteiger partial charge in [0.25, 0.3) is 5.91 Å². The maximum Gasteiger partial charge on any atom is 0.326 e. The zero-order valence-electron chi connectivity index (χ0n) is 12.6. The number of benzene rings is 1. The third-order valence-corrected chi connectivity index (χ3v) is 3.21. The predicted octanol–water partition coefficient (Wildman–Crippen LogP) is 1.18. The van der Waals surface area contributed by atoms with Gasteiger partial charge in [-0.25, -0.2) is 0 Å². The Balaban J connectivity index is 2.49. The molecule has 2 rings (SSSR count). The van der Waals surface area contributed by atoms with E-state index < -0.39 is 12.1 Å². The number of anilines is 1. The monoisotopic (exact) mass is 307 g/mol. The number of methoxy groups -OCH3 is 1. The van der Waals surface area contributed by atoms with Crippen molar-refractivity contribution in [3.05, 3.63) is 17.7 Å². The van der Waals surface area contributed by atoms with Crippen molar-refractivity contribution in [2.45, 2.75) is 20.0 Å². The van der Waals surface area contributed by atoms with Crippen LogP contribution in [-0.2, 0) is 14.3 Å². The van der Waals surface area contributed by atoms with Crippen LogP contribution in [0.5, 0.6) is 11.5 Å². The molecule has 0 fully saturated rings. The van der Waals surface area contributed by atoms with Crippen LogP contribution in [0.1, 0.15) is 24.2 Å². The number of hydrogen-bond donors (Lipinski definition) is 0. The quantitative estimate of drug-likeness (QED) is 0.600. The lowest BCUT2D eigenvalue weighted by atomic mass is 10.1. The highest BCUT2D eigenvalue weighted by atomic mass is 16.5. The number of rotatable bonds is 5. The number of hydrogen-bond acceptors (Lipinski definition) is 6. The number of carbonyl (C=O) groups is 3. The second kappa shape index (κ2) is 6.46. The van der Waals surface area contributed by atoms with E-state index in [0.29, 0.717) is 29.0 Å². The zero-order valence-corrected chi connectivity index (χ0v) is 12.6. The Labute approximate surface area is 127 Å². The maximum absolute atomic E-state index is 12.3. The highest BCUT2D eigenvalue weighted by Crippen LogP contribution is 2.42. The van der Waals surface area contributed by atoms with E-state index in [-0.39, 0.29) is 19.1 Å². The second-order valence-electron chi connectivity index (χ2n) is 4.68. The number of fused-ring (bicyclic) bond motifs is 1. The minimum atomic E-state index is -0.766. The highest BCUT2D eigenvalue weighted by molar-refractivity contribution is 6.04. The van der Waals surface area contributed by atoms with E-state index in [9.17, 15) is 14.4 Å². The van der Waals surface area contributed by atoms with E-state index in [1.54, 1.807) is 13.8 Å². The Bertz CT molecular complexity index is 612. The third-order valence-electron chi connectivity index (χ3n) is 3.21. The Hall–Kier alpha value is -2.57. The first-order chi connectivity index (χ1) is 10.5.